The molecular weight excluding hydrogens is 328 g/mol. The maximum atomic E-state index is 12.3. The molecule has 1 aliphatic heterocycles. The van der Waals surface area contributed by atoms with Crippen LogP contribution in [0.5, 0.6) is 0 Å². The first-order valence-corrected chi connectivity index (χ1v) is 7.84. The van der Waals surface area contributed by atoms with Crippen LogP contribution in [-0.2, 0) is 24.3 Å². The van der Waals surface area contributed by atoms with Crippen molar-refractivity contribution in [2.45, 2.75) is 25.6 Å². The van der Waals surface area contributed by atoms with Gasteiger partial charge in [-0.2, -0.15) is 0 Å². The fourth-order valence-electron chi connectivity index (χ4n) is 2.59. The maximum absolute atomic E-state index is 12.3. The number of halogens is 1. The summed E-state index contributed by atoms with van der Waals surface area (Å²) in [5.74, 6) is 0.0558. The minimum atomic E-state index is -0.151. The van der Waals surface area contributed by atoms with Crippen LogP contribution in [0.15, 0.2) is 53.0 Å². The molecule has 0 aromatic heterocycles. The number of rotatable bonds is 3. The first-order valence-electron chi connectivity index (χ1n) is 7.05. The second-order valence-electron chi connectivity index (χ2n) is 5.22. The molecule has 1 atom stereocenters. The van der Waals surface area contributed by atoms with Crippen LogP contribution < -0.4 is 10.6 Å². The Morgan fingerprint density at radius 2 is 1.86 bits per heavy atom. The molecule has 1 heterocycles. The van der Waals surface area contributed by atoms with Gasteiger partial charge in [0.1, 0.15) is 0 Å². The minimum absolute atomic E-state index is 0.0558. The lowest BCUT2D eigenvalue weighted by atomic mass is 9.95. The van der Waals surface area contributed by atoms with Gasteiger partial charge in [0.2, 0.25) is 5.91 Å². The molecule has 108 valence electrons. The Bertz CT molecular complexity index is 657. The van der Waals surface area contributed by atoms with Crippen molar-refractivity contribution in [3.63, 3.8) is 0 Å². The van der Waals surface area contributed by atoms with E-state index in [4.69, 9.17) is 0 Å². The van der Waals surface area contributed by atoms with Gasteiger partial charge in [-0.3, -0.25) is 4.79 Å². The summed E-state index contributed by atoms with van der Waals surface area (Å²) in [6.45, 7) is 1.30. The van der Waals surface area contributed by atoms with Crippen molar-refractivity contribution in [2.24, 2.45) is 0 Å². The van der Waals surface area contributed by atoms with Gasteiger partial charge in [0, 0.05) is 17.6 Å². The molecule has 0 aliphatic carbocycles. The molecule has 0 saturated carbocycles. The molecule has 2 aromatic rings. The molecule has 1 unspecified atom stereocenters. The highest BCUT2D eigenvalue weighted by molar-refractivity contribution is 9.10. The van der Waals surface area contributed by atoms with Crippen LogP contribution >= 0.6 is 15.9 Å². The number of fused-ring (bicyclic) bond motifs is 1. The molecule has 0 saturated heterocycles. The Labute approximate surface area is 132 Å². The van der Waals surface area contributed by atoms with Gasteiger partial charge in [-0.25, -0.2) is 0 Å². The highest BCUT2D eigenvalue weighted by Gasteiger charge is 2.23. The van der Waals surface area contributed by atoms with E-state index in [-0.39, 0.29) is 11.9 Å². The predicted molar refractivity (Wildman–Crippen MR) is 86.8 cm³/mol. The Balaban J connectivity index is 1.61. The number of hydrogen-bond donors (Lipinski definition) is 2. The molecule has 1 amide bonds. The highest BCUT2D eigenvalue weighted by atomic mass is 79.9. The lowest BCUT2D eigenvalue weighted by Crippen LogP contribution is -2.47. The molecule has 2 aromatic carbocycles. The highest BCUT2D eigenvalue weighted by Crippen LogP contribution is 2.17. The summed E-state index contributed by atoms with van der Waals surface area (Å²) in [4.78, 5) is 12.3. The number of carbonyl (C=O) groups excluding carboxylic acids is 1. The van der Waals surface area contributed by atoms with Crippen LogP contribution in [0.1, 0.15) is 16.7 Å². The zero-order chi connectivity index (χ0) is 14.7. The summed E-state index contributed by atoms with van der Waals surface area (Å²) in [6.07, 6.45) is 0.748. The van der Waals surface area contributed by atoms with Gasteiger partial charge in [-0.05, 0) is 29.2 Å². The molecule has 3 nitrogen and oxygen atoms in total. The van der Waals surface area contributed by atoms with Gasteiger partial charge < -0.3 is 10.6 Å². The van der Waals surface area contributed by atoms with Crippen molar-refractivity contribution in [2.75, 3.05) is 0 Å². The molecule has 4 heteroatoms. The Morgan fingerprint density at radius 3 is 2.67 bits per heavy atom. The van der Waals surface area contributed by atoms with E-state index >= 15 is 0 Å². The Hall–Kier alpha value is -1.65. The third kappa shape index (κ3) is 3.34. The number of hydrogen-bond acceptors (Lipinski definition) is 2. The molecule has 2 N–H and O–H groups in total. The Kier molecular flexibility index (Phi) is 4.36. The predicted octanol–water partition coefficient (Wildman–Crippen LogP) is 2.78. The monoisotopic (exact) mass is 344 g/mol. The van der Waals surface area contributed by atoms with E-state index in [1.54, 1.807) is 0 Å². The number of benzene rings is 2. The number of nitrogens with one attached hydrogen (secondary N) is 2. The SMILES string of the molecule is O=C(NCc1ccccc1Br)C1Cc2ccccc2CN1. The van der Waals surface area contributed by atoms with Crippen LogP contribution in [0, 0.1) is 0 Å². The zero-order valence-electron chi connectivity index (χ0n) is 11.6. The van der Waals surface area contributed by atoms with E-state index in [2.05, 4.69) is 38.7 Å². The molecule has 3 rings (SSSR count). The second-order valence-corrected chi connectivity index (χ2v) is 6.07. The fraction of sp³-hybridized carbons (Fsp3) is 0.235. The van der Waals surface area contributed by atoms with Crippen LogP contribution in [-0.4, -0.2) is 11.9 Å². The lowest BCUT2D eigenvalue weighted by molar-refractivity contribution is -0.123. The average molecular weight is 345 g/mol. The minimum Gasteiger partial charge on any atom is -0.351 e. The summed E-state index contributed by atoms with van der Waals surface area (Å²) < 4.78 is 1.02. The van der Waals surface area contributed by atoms with Crippen LogP contribution in [0.4, 0.5) is 0 Å². The van der Waals surface area contributed by atoms with Gasteiger partial charge in [0.15, 0.2) is 0 Å². The van der Waals surface area contributed by atoms with Gasteiger partial charge in [-0.15, -0.1) is 0 Å². The molecule has 0 radical (unpaired) electrons. The van der Waals surface area contributed by atoms with Gasteiger partial charge in [0.25, 0.3) is 0 Å². The zero-order valence-corrected chi connectivity index (χ0v) is 13.2. The summed E-state index contributed by atoms with van der Waals surface area (Å²) in [6, 6.07) is 16.1. The average Bonchev–Trinajstić information content (AvgIpc) is 2.53. The summed E-state index contributed by atoms with van der Waals surface area (Å²) >= 11 is 3.50. The van der Waals surface area contributed by atoms with E-state index in [0.717, 1.165) is 23.0 Å². The quantitative estimate of drug-likeness (QED) is 0.898. The standard InChI is InChI=1S/C17H17BrN2O/c18-15-8-4-3-7-14(15)11-20-17(21)16-9-12-5-1-2-6-13(12)10-19-16/h1-8,16,19H,9-11H2,(H,20,21). The summed E-state index contributed by atoms with van der Waals surface area (Å²) in [5, 5.41) is 6.31. The van der Waals surface area contributed by atoms with E-state index in [9.17, 15) is 4.79 Å². The van der Waals surface area contributed by atoms with E-state index in [1.807, 2.05) is 36.4 Å². The van der Waals surface area contributed by atoms with E-state index < -0.39 is 0 Å². The molecule has 0 bridgehead atoms. The topological polar surface area (TPSA) is 41.1 Å². The van der Waals surface area contributed by atoms with E-state index in [0.29, 0.717) is 6.54 Å². The summed E-state index contributed by atoms with van der Waals surface area (Å²) in [7, 11) is 0. The van der Waals surface area contributed by atoms with Crippen molar-refractivity contribution >= 4 is 21.8 Å². The molecule has 0 spiro atoms. The van der Waals surface area contributed by atoms with Crippen molar-refractivity contribution in [3.05, 3.63) is 69.7 Å². The largest absolute Gasteiger partial charge is 0.351 e. The van der Waals surface area contributed by atoms with Crippen molar-refractivity contribution in [3.8, 4) is 0 Å². The first kappa shape index (κ1) is 14.3. The molecule has 21 heavy (non-hydrogen) atoms. The van der Waals surface area contributed by atoms with Crippen molar-refractivity contribution < 1.29 is 4.79 Å². The van der Waals surface area contributed by atoms with Gasteiger partial charge in [0.05, 0.1) is 6.04 Å². The smallest absolute Gasteiger partial charge is 0.237 e. The third-order valence-corrected chi connectivity index (χ3v) is 4.58. The number of carbonyl (C=O) groups is 1. The van der Waals surface area contributed by atoms with Gasteiger partial charge >= 0.3 is 0 Å². The summed E-state index contributed by atoms with van der Waals surface area (Å²) in [5.41, 5.74) is 3.63. The first-order chi connectivity index (χ1) is 10.2. The lowest BCUT2D eigenvalue weighted by Gasteiger charge is -2.25. The number of amides is 1. The van der Waals surface area contributed by atoms with Crippen molar-refractivity contribution in [1.82, 2.24) is 10.6 Å². The fourth-order valence-corrected chi connectivity index (χ4v) is 3.01. The van der Waals surface area contributed by atoms with Crippen LogP contribution in [0.3, 0.4) is 0 Å². The van der Waals surface area contributed by atoms with Crippen LogP contribution in [0.2, 0.25) is 0 Å². The van der Waals surface area contributed by atoms with Crippen LogP contribution in [0.25, 0.3) is 0 Å². The molecule has 0 fully saturated rings. The Morgan fingerprint density at radius 1 is 1.14 bits per heavy atom. The van der Waals surface area contributed by atoms with E-state index in [1.165, 1.54) is 11.1 Å². The maximum Gasteiger partial charge on any atom is 0.237 e. The third-order valence-electron chi connectivity index (χ3n) is 3.81. The molecular formula is C17H17BrN2O. The van der Waals surface area contributed by atoms with Crippen molar-refractivity contribution in [1.29, 1.82) is 0 Å². The normalized spacial score (nSPS) is 17.1. The van der Waals surface area contributed by atoms with Gasteiger partial charge in [-0.1, -0.05) is 58.4 Å². The second kappa shape index (κ2) is 6.41. The molecule has 1 aliphatic rings.